The molecule has 2 aromatic rings. The number of ether oxygens (including phenoxy) is 3. The summed E-state index contributed by atoms with van der Waals surface area (Å²) in [4.78, 5) is 51.5. The highest BCUT2D eigenvalue weighted by Crippen LogP contribution is 2.52. The molecule has 6 atom stereocenters. The van der Waals surface area contributed by atoms with E-state index in [-0.39, 0.29) is 46.8 Å². The van der Waals surface area contributed by atoms with Crippen molar-refractivity contribution in [2.24, 2.45) is 0 Å². The molecule has 0 spiro atoms. The highest BCUT2D eigenvalue weighted by Gasteiger charge is 2.49. The second-order valence-electron chi connectivity index (χ2n) is 10.8. The Bertz CT molecular complexity index is 1480. The molecule has 0 bridgehead atoms. The number of phenolic OH excluding ortho intramolecular Hbond substituents is 2. The predicted octanol–water partition coefficient (Wildman–Crippen LogP) is 1.21. The van der Waals surface area contributed by atoms with E-state index in [0.717, 1.165) is 6.92 Å². The quantitative estimate of drug-likeness (QED) is 0.278. The normalized spacial score (nSPS) is 28.8. The van der Waals surface area contributed by atoms with E-state index < -0.39 is 82.6 Å². The number of methoxy groups -OCH3 is 1. The molecule has 1 fully saturated rings. The Morgan fingerprint density at radius 3 is 2.39 bits per heavy atom. The SMILES string of the molecule is COc1cccc2c1C(=O)c1c(O)c3c(c(O)c1C2=O)C[C@@](O)(C(C)=O)C[C@@H]3OC1CC(NC(C)=O)C(O)C(C)O1. The van der Waals surface area contributed by atoms with Gasteiger partial charge in [0.1, 0.15) is 29.0 Å². The number of carbonyl (C=O) groups excluding carboxylic acids is 4. The number of carbonyl (C=O) groups is 4. The van der Waals surface area contributed by atoms with Gasteiger partial charge in [0.25, 0.3) is 0 Å². The van der Waals surface area contributed by atoms with Gasteiger partial charge in [0.2, 0.25) is 11.7 Å². The molecule has 5 rings (SSSR count). The van der Waals surface area contributed by atoms with Crippen molar-refractivity contribution in [1.82, 2.24) is 5.32 Å². The summed E-state index contributed by atoms with van der Waals surface area (Å²) in [5.41, 5.74) is -3.25. The maximum atomic E-state index is 13.7. The van der Waals surface area contributed by atoms with Crippen molar-refractivity contribution in [2.45, 2.75) is 76.3 Å². The highest BCUT2D eigenvalue weighted by molar-refractivity contribution is 6.31. The fraction of sp³-hybridized carbons (Fsp3) is 0.448. The van der Waals surface area contributed by atoms with Crippen molar-refractivity contribution in [3.63, 3.8) is 0 Å². The van der Waals surface area contributed by atoms with Gasteiger partial charge in [-0.05, 0) is 19.9 Å². The first-order chi connectivity index (χ1) is 19.3. The molecule has 1 saturated heterocycles. The first-order valence-corrected chi connectivity index (χ1v) is 13.2. The van der Waals surface area contributed by atoms with Crippen LogP contribution in [0.2, 0.25) is 0 Å². The van der Waals surface area contributed by atoms with E-state index in [1.165, 1.54) is 32.2 Å². The number of fused-ring (bicyclic) bond motifs is 3. The van der Waals surface area contributed by atoms with E-state index in [2.05, 4.69) is 5.32 Å². The molecule has 41 heavy (non-hydrogen) atoms. The minimum atomic E-state index is -2.05. The standard InChI is InChI=1S/C29H31NO11/c1-11-24(33)16(30-13(3)32)8-19(40-11)41-18-10-29(38,12(2)31)9-15-21(18)28(37)23-22(26(15)35)25(34)14-6-5-7-17(39-4)20(14)27(23)36/h5-7,11,16,18-19,24,33,35,37-38H,8-10H2,1-4H3,(H,30,32)/t11?,16?,18-,19?,24?,29-/m0/s1. The number of benzene rings is 2. The van der Waals surface area contributed by atoms with Crippen LogP contribution in [0.25, 0.3) is 0 Å². The zero-order chi connectivity index (χ0) is 30.0. The summed E-state index contributed by atoms with van der Waals surface area (Å²) in [6, 6.07) is 3.66. The zero-order valence-electron chi connectivity index (χ0n) is 22.9. The molecule has 0 radical (unpaired) electrons. The van der Waals surface area contributed by atoms with Crippen LogP contribution < -0.4 is 10.1 Å². The number of rotatable bonds is 5. The molecular formula is C29H31NO11. The number of ketones is 3. The predicted molar refractivity (Wildman–Crippen MR) is 140 cm³/mol. The van der Waals surface area contributed by atoms with Gasteiger partial charge in [0.15, 0.2) is 17.9 Å². The lowest BCUT2D eigenvalue weighted by Crippen LogP contribution is -2.55. The minimum absolute atomic E-state index is 0.0188. The molecule has 4 unspecified atom stereocenters. The molecule has 12 nitrogen and oxygen atoms in total. The van der Waals surface area contributed by atoms with Crippen LogP contribution >= 0.6 is 0 Å². The van der Waals surface area contributed by atoms with Crippen LogP contribution in [-0.2, 0) is 25.5 Å². The van der Waals surface area contributed by atoms with Gasteiger partial charge in [-0.2, -0.15) is 0 Å². The van der Waals surface area contributed by atoms with Gasteiger partial charge < -0.3 is 40.0 Å². The van der Waals surface area contributed by atoms with Crippen molar-refractivity contribution >= 4 is 23.3 Å². The summed E-state index contributed by atoms with van der Waals surface area (Å²) >= 11 is 0. The van der Waals surface area contributed by atoms with E-state index >= 15 is 0 Å². The molecule has 2 aliphatic carbocycles. The monoisotopic (exact) mass is 569 g/mol. The zero-order valence-corrected chi connectivity index (χ0v) is 22.9. The fourth-order valence-corrected chi connectivity index (χ4v) is 6.03. The third kappa shape index (κ3) is 4.56. The summed E-state index contributed by atoms with van der Waals surface area (Å²) < 4.78 is 17.2. The number of Topliss-reactive ketones (excluding diaryl/α,β-unsaturated/α-hetero) is 1. The Balaban J connectivity index is 1.64. The molecular weight excluding hydrogens is 538 g/mol. The number of nitrogens with one attached hydrogen (secondary N) is 1. The smallest absolute Gasteiger partial charge is 0.217 e. The van der Waals surface area contributed by atoms with Crippen molar-refractivity contribution in [2.75, 3.05) is 7.11 Å². The molecule has 1 aliphatic heterocycles. The van der Waals surface area contributed by atoms with Gasteiger partial charge in [0, 0.05) is 42.9 Å². The van der Waals surface area contributed by atoms with Crippen molar-refractivity contribution in [1.29, 1.82) is 0 Å². The minimum Gasteiger partial charge on any atom is -0.507 e. The molecule has 3 aliphatic rings. The largest absolute Gasteiger partial charge is 0.507 e. The van der Waals surface area contributed by atoms with E-state index in [1.54, 1.807) is 6.92 Å². The second-order valence-corrected chi connectivity index (χ2v) is 10.8. The van der Waals surface area contributed by atoms with Crippen molar-refractivity contribution < 1.29 is 53.8 Å². The lowest BCUT2D eigenvalue weighted by atomic mass is 9.72. The van der Waals surface area contributed by atoms with Crippen molar-refractivity contribution in [3.05, 3.63) is 51.6 Å². The third-order valence-electron chi connectivity index (χ3n) is 8.14. The number of hydrogen-bond donors (Lipinski definition) is 5. The van der Waals surface area contributed by atoms with Crippen LogP contribution in [0.4, 0.5) is 0 Å². The number of aliphatic hydroxyl groups is 2. The number of aliphatic hydroxyl groups excluding tert-OH is 1. The molecule has 12 heteroatoms. The van der Waals surface area contributed by atoms with Crippen molar-refractivity contribution in [3.8, 4) is 17.2 Å². The number of hydrogen-bond acceptors (Lipinski definition) is 11. The van der Waals surface area contributed by atoms with Crippen LogP contribution in [0.1, 0.15) is 82.7 Å². The molecule has 0 aromatic heterocycles. The highest BCUT2D eigenvalue weighted by atomic mass is 16.7. The lowest BCUT2D eigenvalue weighted by Gasteiger charge is -2.42. The topological polar surface area (TPSA) is 189 Å². The van der Waals surface area contributed by atoms with E-state index in [0.29, 0.717) is 0 Å². The van der Waals surface area contributed by atoms with Crippen LogP contribution in [0.15, 0.2) is 18.2 Å². The third-order valence-corrected chi connectivity index (χ3v) is 8.14. The Morgan fingerprint density at radius 1 is 1.07 bits per heavy atom. The van der Waals surface area contributed by atoms with Gasteiger partial charge >= 0.3 is 0 Å². The molecule has 1 heterocycles. The summed E-state index contributed by atoms with van der Waals surface area (Å²) in [5.74, 6) is -3.72. The average Bonchev–Trinajstić information content (AvgIpc) is 2.91. The molecule has 5 N–H and O–H groups in total. The van der Waals surface area contributed by atoms with Crippen LogP contribution in [0, 0.1) is 0 Å². The first kappa shape index (κ1) is 28.7. The van der Waals surface area contributed by atoms with Crippen LogP contribution in [-0.4, -0.2) is 80.9 Å². The maximum Gasteiger partial charge on any atom is 0.217 e. The Morgan fingerprint density at radius 2 is 1.76 bits per heavy atom. The summed E-state index contributed by atoms with van der Waals surface area (Å²) in [6.45, 7) is 4.03. The number of phenols is 2. The maximum absolute atomic E-state index is 13.7. The van der Waals surface area contributed by atoms with Gasteiger partial charge in [-0.3, -0.25) is 19.2 Å². The number of amides is 1. The second kappa shape index (κ2) is 10.2. The van der Waals surface area contributed by atoms with E-state index in [9.17, 15) is 39.6 Å². The van der Waals surface area contributed by atoms with E-state index in [1.807, 2.05) is 0 Å². The van der Waals surface area contributed by atoms with E-state index in [4.69, 9.17) is 14.2 Å². The lowest BCUT2D eigenvalue weighted by molar-refractivity contribution is -0.249. The molecule has 1 amide bonds. The molecule has 2 aromatic carbocycles. The Labute approximate surface area is 234 Å². The summed E-state index contributed by atoms with van der Waals surface area (Å²) in [6.07, 6.45) is -5.06. The van der Waals surface area contributed by atoms with Gasteiger partial charge in [0.05, 0.1) is 42.0 Å². The Hall–Kier alpha value is -3.84. The Kier molecular flexibility index (Phi) is 7.14. The molecule has 0 saturated carbocycles. The summed E-state index contributed by atoms with van der Waals surface area (Å²) in [7, 11) is 1.33. The first-order valence-electron chi connectivity index (χ1n) is 13.2. The molecule has 218 valence electrons. The van der Waals surface area contributed by atoms with Crippen LogP contribution in [0.3, 0.4) is 0 Å². The number of aromatic hydroxyl groups is 2. The van der Waals surface area contributed by atoms with Gasteiger partial charge in [-0.1, -0.05) is 12.1 Å². The van der Waals surface area contributed by atoms with Crippen LogP contribution in [0.5, 0.6) is 17.2 Å². The average molecular weight is 570 g/mol. The fourth-order valence-electron chi connectivity index (χ4n) is 6.03. The van der Waals surface area contributed by atoms with Gasteiger partial charge in [-0.15, -0.1) is 0 Å². The van der Waals surface area contributed by atoms with Gasteiger partial charge in [-0.25, -0.2) is 0 Å². The summed E-state index contributed by atoms with van der Waals surface area (Å²) in [5, 5.41) is 47.4.